The number of nitro groups is 1. The van der Waals surface area contributed by atoms with Gasteiger partial charge in [0.25, 0.3) is 5.69 Å². The molecule has 3 atom stereocenters. The summed E-state index contributed by atoms with van der Waals surface area (Å²) in [6, 6.07) is 5.59. The summed E-state index contributed by atoms with van der Waals surface area (Å²) in [7, 11) is 0. The van der Waals surface area contributed by atoms with Gasteiger partial charge in [0.15, 0.2) is 0 Å². The van der Waals surface area contributed by atoms with E-state index in [0.29, 0.717) is 5.56 Å². The molecular weight excluding hydrogens is 256 g/mol. The lowest BCUT2D eigenvalue weighted by molar-refractivity contribution is -0.384. The molecular formula is C11H13N2O4S-. The first-order chi connectivity index (χ1) is 8.59. The molecule has 0 spiro atoms. The van der Waals surface area contributed by atoms with Crippen LogP contribution in [0, 0.1) is 10.1 Å². The maximum atomic E-state index is 11.3. The van der Waals surface area contributed by atoms with Crippen molar-refractivity contribution < 1.29 is 13.7 Å². The van der Waals surface area contributed by atoms with E-state index in [-0.39, 0.29) is 11.7 Å². The van der Waals surface area contributed by atoms with Crippen LogP contribution < -0.4 is 5.32 Å². The second-order valence-corrected chi connectivity index (χ2v) is 5.26. The molecule has 2 rings (SSSR count). The number of nitrogens with zero attached hydrogens (tertiary/aromatic N) is 1. The number of benzene rings is 1. The Kier molecular flexibility index (Phi) is 4.05. The Morgan fingerprint density at radius 2 is 2.06 bits per heavy atom. The molecule has 0 aromatic heterocycles. The van der Waals surface area contributed by atoms with Gasteiger partial charge in [0, 0.05) is 18.2 Å². The van der Waals surface area contributed by atoms with Crippen molar-refractivity contribution in [1.82, 2.24) is 5.32 Å². The Morgan fingerprint density at radius 1 is 1.39 bits per heavy atom. The van der Waals surface area contributed by atoms with Crippen LogP contribution in [0.1, 0.15) is 23.7 Å². The molecule has 1 heterocycles. The van der Waals surface area contributed by atoms with Gasteiger partial charge >= 0.3 is 0 Å². The maximum absolute atomic E-state index is 11.3. The van der Waals surface area contributed by atoms with Crippen molar-refractivity contribution >= 4 is 16.8 Å². The average molecular weight is 269 g/mol. The SMILES string of the molecule is O=[N+]([O-])c1ccc(C(C2CCCN2)S(=O)[O-])cc1. The molecule has 1 saturated heterocycles. The van der Waals surface area contributed by atoms with E-state index in [4.69, 9.17) is 0 Å². The minimum Gasteiger partial charge on any atom is -0.772 e. The van der Waals surface area contributed by atoms with E-state index in [2.05, 4.69) is 5.32 Å². The van der Waals surface area contributed by atoms with Crippen LogP contribution in [0.15, 0.2) is 24.3 Å². The lowest BCUT2D eigenvalue weighted by Gasteiger charge is -2.26. The number of rotatable bonds is 4. The summed E-state index contributed by atoms with van der Waals surface area (Å²) in [6.07, 6.45) is 1.75. The van der Waals surface area contributed by atoms with Gasteiger partial charge in [0.2, 0.25) is 0 Å². The van der Waals surface area contributed by atoms with E-state index in [0.717, 1.165) is 19.4 Å². The van der Waals surface area contributed by atoms with Crippen molar-refractivity contribution in [1.29, 1.82) is 0 Å². The highest BCUT2D eigenvalue weighted by atomic mass is 32.2. The molecule has 0 aliphatic carbocycles. The number of nitro benzene ring substituents is 1. The van der Waals surface area contributed by atoms with Gasteiger partial charge in [-0.15, -0.1) is 0 Å². The van der Waals surface area contributed by atoms with Crippen LogP contribution >= 0.6 is 0 Å². The molecule has 6 nitrogen and oxygen atoms in total. The quantitative estimate of drug-likeness (QED) is 0.504. The maximum Gasteiger partial charge on any atom is 0.269 e. The molecule has 98 valence electrons. The summed E-state index contributed by atoms with van der Waals surface area (Å²) in [5.74, 6) is 0. The van der Waals surface area contributed by atoms with Crippen molar-refractivity contribution in [2.75, 3.05) is 6.54 Å². The van der Waals surface area contributed by atoms with Crippen LogP contribution in [0.4, 0.5) is 5.69 Å². The normalized spacial score (nSPS) is 22.6. The summed E-state index contributed by atoms with van der Waals surface area (Å²) < 4.78 is 22.7. The standard InChI is InChI=1S/C11H14N2O4S/c14-13(15)9-5-3-8(4-6-9)11(18(16)17)10-2-1-7-12-10/h3-6,10-12H,1-2,7H2,(H,16,17)/p-1. The van der Waals surface area contributed by atoms with E-state index in [9.17, 15) is 18.9 Å². The molecule has 1 N–H and O–H groups in total. The van der Waals surface area contributed by atoms with E-state index in [1.165, 1.54) is 24.3 Å². The number of nitrogens with one attached hydrogen (secondary N) is 1. The first kappa shape index (κ1) is 13.1. The monoisotopic (exact) mass is 269 g/mol. The highest BCUT2D eigenvalue weighted by Gasteiger charge is 2.27. The summed E-state index contributed by atoms with van der Waals surface area (Å²) in [6.45, 7) is 0.811. The summed E-state index contributed by atoms with van der Waals surface area (Å²) >= 11 is -2.24. The van der Waals surface area contributed by atoms with Gasteiger partial charge in [-0.2, -0.15) is 0 Å². The van der Waals surface area contributed by atoms with Crippen molar-refractivity contribution in [2.45, 2.75) is 24.1 Å². The number of hydrogen-bond donors (Lipinski definition) is 1. The molecule has 1 aliphatic rings. The summed E-state index contributed by atoms with van der Waals surface area (Å²) in [5, 5.41) is 13.0. The molecule has 0 saturated carbocycles. The van der Waals surface area contributed by atoms with E-state index in [1.54, 1.807) is 0 Å². The Morgan fingerprint density at radius 3 is 2.50 bits per heavy atom. The number of hydrogen-bond acceptors (Lipinski definition) is 5. The first-order valence-corrected chi connectivity index (χ1v) is 6.79. The molecule has 1 aromatic rings. The van der Waals surface area contributed by atoms with Crippen LogP contribution in [0.25, 0.3) is 0 Å². The lowest BCUT2D eigenvalue weighted by atomic mass is 10.0. The van der Waals surface area contributed by atoms with Gasteiger partial charge in [-0.1, -0.05) is 12.1 Å². The van der Waals surface area contributed by atoms with E-state index >= 15 is 0 Å². The minimum atomic E-state index is -2.24. The zero-order chi connectivity index (χ0) is 13.1. The van der Waals surface area contributed by atoms with Gasteiger partial charge in [-0.3, -0.25) is 14.3 Å². The van der Waals surface area contributed by atoms with Crippen LogP contribution in [0.2, 0.25) is 0 Å². The van der Waals surface area contributed by atoms with Crippen molar-refractivity contribution in [3.63, 3.8) is 0 Å². The van der Waals surface area contributed by atoms with Crippen LogP contribution in [-0.4, -0.2) is 26.3 Å². The molecule has 7 heteroatoms. The second kappa shape index (κ2) is 5.55. The molecule has 0 amide bonds. The first-order valence-electron chi connectivity index (χ1n) is 5.65. The zero-order valence-electron chi connectivity index (χ0n) is 9.57. The fraction of sp³-hybridized carbons (Fsp3) is 0.455. The molecule has 3 unspecified atom stereocenters. The lowest BCUT2D eigenvalue weighted by Crippen LogP contribution is -2.31. The molecule has 18 heavy (non-hydrogen) atoms. The van der Waals surface area contributed by atoms with Gasteiger partial charge in [-0.05, 0) is 36.0 Å². The Balaban J connectivity index is 2.25. The molecule has 1 aliphatic heterocycles. The fourth-order valence-electron chi connectivity index (χ4n) is 2.23. The second-order valence-electron chi connectivity index (χ2n) is 4.23. The van der Waals surface area contributed by atoms with Crippen molar-refractivity contribution in [3.05, 3.63) is 39.9 Å². The van der Waals surface area contributed by atoms with Crippen LogP contribution in [0.3, 0.4) is 0 Å². The third kappa shape index (κ3) is 2.74. The highest BCUT2D eigenvalue weighted by molar-refractivity contribution is 7.79. The van der Waals surface area contributed by atoms with Gasteiger partial charge < -0.3 is 9.87 Å². The highest BCUT2D eigenvalue weighted by Crippen LogP contribution is 2.29. The van der Waals surface area contributed by atoms with Crippen LogP contribution in [0.5, 0.6) is 0 Å². The fourth-order valence-corrected chi connectivity index (χ4v) is 3.11. The van der Waals surface area contributed by atoms with E-state index < -0.39 is 21.3 Å². The Hall–Kier alpha value is -1.31. The zero-order valence-corrected chi connectivity index (χ0v) is 10.4. The third-order valence-electron chi connectivity index (χ3n) is 3.10. The Bertz CT molecular complexity index is 457. The van der Waals surface area contributed by atoms with Gasteiger partial charge in [-0.25, -0.2) is 0 Å². The third-order valence-corrected chi connectivity index (χ3v) is 4.12. The average Bonchev–Trinajstić information content (AvgIpc) is 2.83. The van der Waals surface area contributed by atoms with Gasteiger partial charge in [0.05, 0.1) is 10.2 Å². The van der Waals surface area contributed by atoms with E-state index in [1.807, 2.05) is 0 Å². The largest absolute Gasteiger partial charge is 0.772 e. The molecule has 0 radical (unpaired) electrons. The summed E-state index contributed by atoms with van der Waals surface area (Å²) in [5.41, 5.74) is 0.557. The molecule has 0 bridgehead atoms. The minimum absolute atomic E-state index is 0.0337. The van der Waals surface area contributed by atoms with Crippen molar-refractivity contribution in [2.24, 2.45) is 0 Å². The predicted molar refractivity (Wildman–Crippen MR) is 65.8 cm³/mol. The topological polar surface area (TPSA) is 95.3 Å². The van der Waals surface area contributed by atoms with Gasteiger partial charge in [0.1, 0.15) is 0 Å². The van der Waals surface area contributed by atoms with Crippen LogP contribution in [-0.2, 0) is 11.1 Å². The van der Waals surface area contributed by atoms with Crippen molar-refractivity contribution in [3.8, 4) is 0 Å². The molecule has 1 fully saturated rings. The smallest absolute Gasteiger partial charge is 0.269 e. The predicted octanol–water partition coefficient (Wildman–Crippen LogP) is 1.27. The number of non-ortho nitro benzene ring substituents is 1. The Labute approximate surface area is 107 Å². The molecule has 1 aromatic carbocycles. The summed E-state index contributed by atoms with van der Waals surface area (Å²) in [4.78, 5) is 10.0.